The molecule has 2 aromatic heterocycles. The molecule has 3 rings (SSSR count). The molecule has 2 heterocycles. The van der Waals surface area contributed by atoms with Gasteiger partial charge in [0, 0.05) is 24.8 Å². The van der Waals surface area contributed by atoms with E-state index in [1.165, 1.54) is 4.90 Å². The molecule has 100 valence electrons. The van der Waals surface area contributed by atoms with Gasteiger partial charge >= 0.3 is 0 Å². The van der Waals surface area contributed by atoms with Gasteiger partial charge < -0.3 is 9.88 Å². The van der Waals surface area contributed by atoms with Gasteiger partial charge in [0.05, 0.1) is 23.8 Å². The average molecular weight is 261 g/mol. The molecule has 1 aliphatic carbocycles. The zero-order valence-electron chi connectivity index (χ0n) is 10.8. The number of rotatable bonds is 3. The van der Waals surface area contributed by atoms with Crippen LogP contribution in [0.4, 0.5) is 4.39 Å². The first-order valence-electron chi connectivity index (χ1n) is 6.45. The molecule has 1 amide bonds. The highest BCUT2D eigenvalue weighted by molar-refractivity contribution is 6.05. The summed E-state index contributed by atoms with van der Waals surface area (Å²) in [4.78, 5) is 20.9. The highest BCUT2D eigenvalue weighted by Crippen LogP contribution is 2.36. The topological polar surface area (TPSA) is 49.0 Å². The van der Waals surface area contributed by atoms with E-state index in [0.29, 0.717) is 18.4 Å². The molecule has 0 spiro atoms. The van der Waals surface area contributed by atoms with Gasteiger partial charge in [-0.05, 0) is 25.3 Å². The van der Waals surface area contributed by atoms with Crippen LogP contribution in [-0.4, -0.2) is 40.0 Å². The van der Waals surface area contributed by atoms with E-state index in [-0.39, 0.29) is 12.5 Å². The summed E-state index contributed by atoms with van der Waals surface area (Å²) in [6.07, 6.45) is 7.00. The lowest BCUT2D eigenvalue weighted by molar-refractivity contribution is 0.0254. The van der Waals surface area contributed by atoms with Crippen LogP contribution in [0.1, 0.15) is 29.6 Å². The third-order valence-corrected chi connectivity index (χ3v) is 3.82. The lowest BCUT2D eigenvalue weighted by Crippen LogP contribution is -2.45. The number of hydrogen-bond donors (Lipinski definition) is 1. The van der Waals surface area contributed by atoms with Crippen LogP contribution < -0.4 is 0 Å². The second-order valence-corrected chi connectivity index (χ2v) is 5.29. The van der Waals surface area contributed by atoms with Crippen molar-refractivity contribution in [3.63, 3.8) is 0 Å². The van der Waals surface area contributed by atoms with Gasteiger partial charge in [0.2, 0.25) is 0 Å². The number of nitrogens with one attached hydrogen (secondary N) is 1. The normalized spacial score (nSPS) is 17.2. The Hall–Kier alpha value is -1.91. The molecule has 0 radical (unpaired) electrons. The van der Waals surface area contributed by atoms with Crippen molar-refractivity contribution in [3.8, 4) is 0 Å². The van der Waals surface area contributed by atoms with Gasteiger partial charge in [0.15, 0.2) is 0 Å². The van der Waals surface area contributed by atoms with Crippen LogP contribution in [0.5, 0.6) is 0 Å². The largest absolute Gasteiger partial charge is 0.360 e. The number of hydrogen-bond acceptors (Lipinski definition) is 2. The Morgan fingerprint density at radius 2 is 2.32 bits per heavy atom. The Morgan fingerprint density at radius 1 is 1.53 bits per heavy atom. The minimum atomic E-state index is -1.19. The Kier molecular flexibility index (Phi) is 2.77. The number of alkyl halides is 1. The summed E-state index contributed by atoms with van der Waals surface area (Å²) in [6.45, 7) is 0.159. The quantitative estimate of drug-likeness (QED) is 0.923. The van der Waals surface area contributed by atoms with Gasteiger partial charge in [-0.1, -0.05) is 0 Å². The van der Waals surface area contributed by atoms with E-state index in [0.717, 1.165) is 17.3 Å². The minimum Gasteiger partial charge on any atom is -0.360 e. The molecule has 0 aromatic carbocycles. The number of nitrogens with zero attached hydrogens (tertiary/aromatic N) is 2. The summed E-state index contributed by atoms with van der Waals surface area (Å²) >= 11 is 0. The van der Waals surface area contributed by atoms with Crippen LogP contribution in [0.15, 0.2) is 24.7 Å². The molecule has 19 heavy (non-hydrogen) atoms. The van der Waals surface area contributed by atoms with E-state index in [9.17, 15) is 9.18 Å². The molecule has 4 nitrogen and oxygen atoms in total. The molecule has 5 heteroatoms. The number of carbonyl (C=O) groups excluding carboxylic acids is 1. The van der Waals surface area contributed by atoms with Crippen LogP contribution in [0, 0.1) is 0 Å². The molecule has 1 aliphatic rings. The second-order valence-electron chi connectivity index (χ2n) is 5.29. The van der Waals surface area contributed by atoms with Crippen molar-refractivity contribution in [3.05, 3.63) is 30.2 Å². The zero-order valence-corrected chi connectivity index (χ0v) is 10.8. The summed E-state index contributed by atoms with van der Waals surface area (Å²) in [7, 11) is 1.65. The molecule has 2 aromatic rings. The van der Waals surface area contributed by atoms with E-state index in [1.54, 1.807) is 25.6 Å². The predicted molar refractivity (Wildman–Crippen MR) is 70.7 cm³/mol. The number of H-pyrrole nitrogens is 1. The van der Waals surface area contributed by atoms with Crippen molar-refractivity contribution in [2.45, 2.75) is 24.9 Å². The van der Waals surface area contributed by atoms with E-state index in [1.807, 2.05) is 6.07 Å². The monoisotopic (exact) mass is 261 g/mol. The Morgan fingerprint density at radius 3 is 3.00 bits per heavy atom. The van der Waals surface area contributed by atoms with Crippen LogP contribution in [0.25, 0.3) is 10.9 Å². The Bertz CT molecular complexity index is 618. The molecule has 0 aliphatic heterocycles. The highest BCUT2D eigenvalue weighted by atomic mass is 19.1. The summed E-state index contributed by atoms with van der Waals surface area (Å²) in [5, 5.41) is 0.827. The van der Waals surface area contributed by atoms with E-state index >= 15 is 0 Å². The van der Waals surface area contributed by atoms with Crippen molar-refractivity contribution in [1.82, 2.24) is 14.9 Å². The van der Waals surface area contributed by atoms with Gasteiger partial charge in [-0.3, -0.25) is 9.78 Å². The maximum atomic E-state index is 14.1. The Balaban J connectivity index is 1.85. The van der Waals surface area contributed by atoms with Crippen molar-refractivity contribution in [1.29, 1.82) is 0 Å². The first-order valence-corrected chi connectivity index (χ1v) is 6.45. The lowest BCUT2D eigenvalue weighted by Gasteiger charge is -2.37. The van der Waals surface area contributed by atoms with Gasteiger partial charge in [-0.25, -0.2) is 4.39 Å². The van der Waals surface area contributed by atoms with Crippen molar-refractivity contribution in [2.75, 3.05) is 13.6 Å². The van der Waals surface area contributed by atoms with Crippen molar-refractivity contribution in [2.24, 2.45) is 0 Å². The molecule has 0 unspecified atom stereocenters. The fourth-order valence-electron chi connectivity index (χ4n) is 2.57. The smallest absolute Gasteiger partial charge is 0.255 e. The predicted octanol–water partition coefficient (Wildman–Crippen LogP) is 2.53. The summed E-state index contributed by atoms with van der Waals surface area (Å²) < 4.78 is 14.1. The maximum absolute atomic E-state index is 14.1. The number of aromatic amines is 1. The van der Waals surface area contributed by atoms with E-state index in [4.69, 9.17) is 0 Å². The number of amides is 1. The average Bonchev–Trinajstić information content (AvgIpc) is 2.83. The molecule has 1 N–H and O–H groups in total. The highest BCUT2D eigenvalue weighted by Gasteiger charge is 2.39. The first kappa shape index (κ1) is 12.1. The van der Waals surface area contributed by atoms with E-state index in [2.05, 4.69) is 9.97 Å². The van der Waals surface area contributed by atoms with Crippen LogP contribution >= 0.6 is 0 Å². The molecule has 0 atom stereocenters. The summed E-state index contributed by atoms with van der Waals surface area (Å²) in [6, 6.07) is 1.84. The van der Waals surface area contributed by atoms with Crippen LogP contribution in [-0.2, 0) is 0 Å². The molecular formula is C14H16FN3O. The molecule has 0 bridgehead atoms. The van der Waals surface area contributed by atoms with Gasteiger partial charge in [-0.15, -0.1) is 0 Å². The SMILES string of the molecule is CN(CC1(F)CCC1)C(=O)c1cncc2[nH]ccc12. The maximum Gasteiger partial charge on any atom is 0.255 e. The van der Waals surface area contributed by atoms with Crippen LogP contribution in [0.2, 0.25) is 0 Å². The number of aromatic nitrogens is 2. The summed E-state index contributed by atoms with van der Waals surface area (Å²) in [5.74, 6) is -0.179. The van der Waals surface area contributed by atoms with Gasteiger partial charge in [0.25, 0.3) is 5.91 Å². The van der Waals surface area contributed by atoms with Gasteiger partial charge in [0.1, 0.15) is 5.67 Å². The second kappa shape index (κ2) is 4.33. The third-order valence-electron chi connectivity index (χ3n) is 3.82. The van der Waals surface area contributed by atoms with Crippen LogP contribution in [0.3, 0.4) is 0 Å². The fraction of sp³-hybridized carbons (Fsp3) is 0.429. The summed E-state index contributed by atoms with van der Waals surface area (Å²) in [5.41, 5.74) is 0.145. The minimum absolute atomic E-state index is 0.159. The fourth-order valence-corrected chi connectivity index (χ4v) is 2.57. The zero-order chi connectivity index (χ0) is 13.5. The molecule has 0 saturated heterocycles. The number of fused-ring (bicyclic) bond motifs is 1. The third kappa shape index (κ3) is 2.09. The Labute approximate surface area is 110 Å². The number of halogens is 1. The first-order chi connectivity index (χ1) is 9.09. The van der Waals surface area contributed by atoms with E-state index < -0.39 is 5.67 Å². The number of carbonyl (C=O) groups is 1. The molecule has 1 fully saturated rings. The molecule has 1 saturated carbocycles. The van der Waals surface area contributed by atoms with Crippen molar-refractivity contribution >= 4 is 16.8 Å². The van der Waals surface area contributed by atoms with Crippen molar-refractivity contribution < 1.29 is 9.18 Å². The standard InChI is InChI=1S/C14H16FN3O/c1-18(9-14(15)4-2-5-14)13(19)11-7-16-8-12-10(11)3-6-17-12/h3,6-8,17H,2,4-5,9H2,1H3. The molecular weight excluding hydrogens is 245 g/mol. The number of pyridine rings is 1. The lowest BCUT2D eigenvalue weighted by atomic mass is 9.81. The van der Waals surface area contributed by atoms with Gasteiger partial charge in [-0.2, -0.15) is 0 Å².